The van der Waals surface area contributed by atoms with Crippen LogP contribution >= 0.6 is 15.9 Å². The molecule has 1 aliphatic rings. The summed E-state index contributed by atoms with van der Waals surface area (Å²) in [6, 6.07) is 3.00. The minimum Gasteiger partial charge on any atom is -0.315 e. The van der Waals surface area contributed by atoms with Gasteiger partial charge in [0.15, 0.2) is 0 Å². The molecule has 0 aliphatic carbocycles. The molecule has 0 bridgehead atoms. The van der Waals surface area contributed by atoms with Crippen LogP contribution in [0.15, 0.2) is 21.4 Å². The molecule has 1 atom stereocenters. The third-order valence-electron chi connectivity index (χ3n) is 5.02. The molecule has 0 radical (unpaired) electrons. The predicted octanol–water partition coefficient (Wildman–Crippen LogP) is 3.45. The molecule has 2 aromatic rings. The summed E-state index contributed by atoms with van der Waals surface area (Å²) in [4.78, 5) is 20.3. The highest BCUT2D eigenvalue weighted by Crippen LogP contribution is 2.27. The van der Waals surface area contributed by atoms with Gasteiger partial charge < -0.3 is 5.32 Å². The van der Waals surface area contributed by atoms with Crippen molar-refractivity contribution < 1.29 is 4.39 Å². The van der Waals surface area contributed by atoms with Crippen LogP contribution in [0.3, 0.4) is 0 Å². The quantitative estimate of drug-likeness (QED) is 0.798. The SMILES string of the molecule is CCCC(c1nc2cc(Br)c(F)cc2c(=O)n1CC)N1CCCNCC1. The van der Waals surface area contributed by atoms with Gasteiger partial charge in [-0.2, -0.15) is 0 Å². The van der Waals surface area contributed by atoms with E-state index in [1.165, 1.54) is 6.07 Å². The van der Waals surface area contributed by atoms with Gasteiger partial charge in [-0.25, -0.2) is 9.37 Å². The second-order valence-electron chi connectivity index (χ2n) is 6.75. The fourth-order valence-electron chi connectivity index (χ4n) is 3.72. The highest BCUT2D eigenvalue weighted by Gasteiger charge is 2.26. The second kappa shape index (κ2) is 8.59. The average molecular weight is 425 g/mol. The molecule has 5 nitrogen and oxygen atoms in total. The third-order valence-corrected chi connectivity index (χ3v) is 5.63. The fourth-order valence-corrected chi connectivity index (χ4v) is 4.05. The molecule has 1 aliphatic heterocycles. The number of benzene rings is 1. The van der Waals surface area contributed by atoms with Crippen molar-refractivity contribution in [3.05, 3.63) is 38.6 Å². The summed E-state index contributed by atoms with van der Waals surface area (Å²) >= 11 is 3.21. The minimum absolute atomic E-state index is 0.0979. The van der Waals surface area contributed by atoms with Crippen LogP contribution in [0.5, 0.6) is 0 Å². The summed E-state index contributed by atoms with van der Waals surface area (Å²) < 4.78 is 16.0. The van der Waals surface area contributed by atoms with Crippen molar-refractivity contribution in [2.75, 3.05) is 26.2 Å². The molecule has 26 heavy (non-hydrogen) atoms. The Hall–Kier alpha value is -1.31. The van der Waals surface area contributed by atoms with Gasteiger partial charge in [0.1, 0.15) is 11.6 Å². The van der Waals surface area contributed by atoms with Crippen molar-refractivity contribution >= 4 is 26.8 Å². The van der Waals surface area contributed by atoms with Crippen molar-refractivity contribution in [1.82, 2.24) is 19.8 Å². The van der Waals surface area contributed by atoms with Crippen LogP contribution in [0.1, 0.15) is 45.0 Å². The van der Waals surface area contributed by atoms with Crippen molar-refractivity contribution in [2.24, 2.45) is 0 Å². The molecule has 1 aromatic heterocycles. The third kappa shape index (κ3) is 3.85. The van der Waals surface area contributed by atoms with E-state index < -0.39 is 5.82 Å². The van der Waals surface area contributed by atoms with Gasteiger partial charge in [-0.05, 0) is 54.4 Å². The van der Waals surface area contributed by atoms with Crippen LogP contribution in [-0.2, 0) is 6.54 Å². The summed E-state index contributed by atoms with van der Waals surface area (Å²) in [5, 5.41) is 3.77. The number of nitrogens with zero attached hydrogens (tertiary/aromatic N) is 3. The Kier molecular flexibility index (Phi) is 6.42. The Morgan fingerprint density at radius 2 is 2.12 bits per heavy atom. The van der Waals surface area contributed by atoms with Crippen molar-refractivity contribution in [2.45, 2.75) is 45.7 Å². The van der Waals surface area contributed by atoms with E-state index in [0.29, 0.717) is 21.9 Å². The van der Waals surface area contributed by atoms with E-state index in [0.717, 1.165) is 51.3 Å². The average Bonchev–Trinajstić information content (AvgIpc) is 2.91. The van der Waals surface area contributed by atoms with Crippen LogP contribution < -0.4 is 10.9 Å². The van der Waals surface area contributed by atoms with Crippen molar-refractivity contribution in [1.29, 1.82) is 0 Å². The lowest BCUT2D eigenvalue weighted by Gasteiger charge is -2.31. The van der Waals surface area contributed by atoms with E-state index in [1.54, 1.807) is 10.6 Å². The molecule has 1 fully saturated rings. The molecule has 142 valence electrons. The maximum Gasteiger partial charge on any atom is 0.261 e. The Morgan fingerprint density at radius 3 is 2.85 bits per heavy atom. The molecule has 2 heterocycles. The van der Waals surface area contributed by atoms with E-state index in [4.69, 9.17) is 4.98 Å². The van der Waals surface area contributed by atoms with Crippen LogP contribution in [-0.4, -0.2) is 40.6 Å². The Labute approximate surface area is 161 Å². The van der Waals surface area contributed by atoms with Gasteiger partial charge in [0.05, 0.1) is 21.4 Å². The summed E-state index contributed by atoms with van der Waals surface area (Å²) in [7, 11) is 0. The summed E-state index contributed by atoms with van der Waals surface area (Å²) in [6.07, 6.45) is 3.04. The van der Waals surface area contributed by atoms with Gasteiger partial charge in [-0.3, -0.25) is 14.3 Å². The summed E-state index contributed by atoms with van der Waals surface area (Å²) in [6.45, 7) is 8.53. The molecule has 7 heteroatoms. The summed E-state index contributed by atoms with van der Waals surface area (Å²) in [5.41, 5.74) is 0.393. The molecular formula is C19H26BrFN4O. The Morgan fingerprint density at radius 1 is 1.31 bits per heavy atom. The van der Waals surface area contributed by atoms with Crippen molar-refractivity contribution in [3.63, 3.8) is 0 Å². The monoisotopic (exact) mass is 424 g/mol. The lowest BCUT2D eigenvalue weighted by molar-refractivity contribution is 0.185. The number of nitrogens with one attached hydrogen (secondary N) is 1. The predicted molar refractivity (Wildman–Crippen MR) is 106 cm³/mol. The molecule has 0 spiro atoms. The Balaban J connectivity index is 2.16. The van der Waals surface area contributed by atoms with Crippen LogP contribution in [0, 0.1) is 5.82 Å². The number of hydrogen-bond acceptors (Lipinski definition) is 4. The smallest absolute Gasteiger partial charge is 0.261 e. The molecule has 1 aromatic carbocycles. The Bertz CT molecular complexity index is 830. The first kappa shape index (κ1) is 19.5. The largest absolute Gasteiger partial charge is 0.315 e. The molecule has 3 rings (SSSR count). The zero-order valence-electron chi connectivity index (χ0n) is 15.4. The van der Waals surface area contributed by atoms with E-state index in [1.807, 2.05) is 6.92 Å². The molecule has 1 unspecified atom stereocenters. The van der Waals surface area contributed by atoms with Gasteiger partial charge in [0.25, 0.3) is 5.56 Å². The number of aromatic nitrogens is 2. The first-order chi connectivity index (χ1) is 12.6. The van der Waals surface area contributed by atoms with Gasteiger partial charge in [0.2, 0.25) is 0 Å². The molecule has 0 saturated carbocycles. The van der Waals surface area contributed by atoms with Crippen LogP contribution in [0.25, 0.3) is 10.9 Å². The highest BCUT2D eigenvalue weighted by molar-refractivity contribution is 9.10. The number of fused-ring (bicyclic) bond motifs is 1. The lowest BCUT2D eigenvalue weighted by Crippen LogP contribution is -2.37. The minimum atomic E-state index is -0.435. The maximum atomic E-state index is 13.9. The van der Waals surface area contributed by atoms with Gasteiger partial charge in [-0.1, -0.05) is 13.3 Å². The van der Waals surface area contributed by atoms with E-state index in [2.05, 4.69) is 33.1 Å². The maximum absolute atomic E-state index is 13.9. The van der Waals surface area contributed by atoms with Crippen LogP contribution in [0.2, 0.25) is 0 Å². The number of rotatable bonds is 5. The molecule has 1 saturated heterocycles. The normalized spacial score (nSPS) is 17.4. The first-order valence-corrected chi connectivity index (χ1v) is 10.2. The standard InChI is InChI=1S/C19H26BrFN4O/c1-3-6-17(24-9-5-7-22-8-10-24)18-23-16-12-14(20)15(21)11-13(16)19(26)25(18)4-2/h11-12,17,22H,3-10H2,1-2H3. The molecule has 1 N–H and O–H groups in total. The van der Waals surface area contributed by atoms with Crippen LogP contribution in [0.4, 0.5) is 4.39 Å². The first-order valence-electron chi connectivity index (χ1n) is 9.41. The molecule has 0 amide bonds. The lowest BCUT2D eigenvalue weighted by atomic mass is 10.1. The second-order valence-corrected chi connectivity index (χ2v) is 7.60. The summed E-state index contributed by atoms with van der Waals surface area (Å²) in [5.74, 6) is 0.364. The zero-order valence-corrected chi connectivity index (χ0v) is 17.0. The number of hydrogen-bond donors (Lipinski definition) is 1. The van der Waals surface area contributed by atoms with E-state index >= 15 is 0 Å². The van der Waals surface area contributed by atoms with Crippen molar-refractivity contribution in [3.8, 4) is 0 Å². The zero-order chi connectivity index (χ0) is 18.7. The highest BCUT2D eigenvalue weighted by atomic mass is 79.9. The fraction of sp³-hybridized carbons (Fsp3) is 0.579. The van der Waals surface area contributed by atoms with E-state index in [-0.39, 0.29) is 11.6 Å². The van der Waals surface area contributed by atoms with Gasteiger partial charge in [-0.15, -0.1) is 0 Å². The molecular weight excluding hydrogens is 399 g/mol. The van der Waals surface area contributed by atoms with Gasteiger partial charge in [0, 0.05) is 26.2 Å². The number of halogens is 2. The van der Waals surface area contributed by atoms with Gasteiger partial charge >= 0.3 is 0 Å². The topological polar surface area (TPSA) is 50.2 Å². The van der Waals surface area contributed by atoms with E-state index in [9.17, 15) is 9.18 Å².